The normalized spacial score (nSPS) is 12.5. The number of aromatic nitrogens is 2. The van der Waals surface area contributed by atoms with Crippen LogP contribution >= 0.6 is 0 Å². The van der Waals surface area contributed by atoms with E-state index in [2.05, 4.69) is 10.3 Å². The molecule has 2 rings (SSSR count). The molecule has 0 aliphatic carbocycles. The quantitative estimate of drug-likeness (QED) is 0.909. The van der Waals surface area contributed by atoms with Crippen molar-refractivity contribution in [2.75, 3.05) is 5.32 Å². The van der Waals surface area contributed by atoms with Crippen molar-refractivity contribution in [3.05, 3.63) is 62.3 Å². The van der Waals surface area contributed by atoms with Gasteiger partial charge in [0.15, 0.2) is 0 Å². The number of anilines is 1. The van der Waals surface area contributed by atoms with Gasteiger partial charge in [-0.3, -0.25) is 14.3 Å². The average Bonchev–Trinajstić information content (AvgIpc) is 2.42. The Morgan fingerprint density at radius 3 is 2.41 bits per heavy atom. The molecule has 1 aromatic heterocycles. The highest BCUT2D eigenvalue weighted by atomic mass is 19.1. The van der Waals surface area contributed by atoms with Crippen LogP contribution in [0.2, 0.25) is 0 Å². The summed E-state index contributed by atoms with van der Waals surface area (Å²) in [5.41, 5.74) is -0.789. The minimum atomic E-state index is -0.683. The number of benzene rings is 1. The predicted octanol–water partition coefficient (Wildman–Crippen LogP) is 2.16. The third-order valence-corrected chi connectivity index (χ3v) is 3.42. The zero-order chi connectivity index (χ0) is 16.4. The van der Waals surface area contributed by atoms with Gasteiger partial charge in [-0.15, -0.1) is 0 Å². The lowest BCUT2D eigenvalue weighted by atomic mass is 9.95. The molecule has 0 radical (unpaired) electrons. The number of nitrogens with one attached hydrogen (secondary N) is 2. The maximum Gasteiger partial charge on any atom is 0.329 e. The minimum absolute atomic E-state index is 0.0625. The Morgan fingerprint density at radius 2 is 1.86 bits per heavy atom. The van der Waals surface area contributed by atoms with E-state index in [9.17, 15) is 18.4 Å². The van der Waals surface area contributed by atoms with Crippen molar-refractivity contribution >= 4 is 5.82 Å². The maximum atomic E-state index is 14.0. The predicted molar refractivity (Wildman–Crippen MR) is 79.9 cm³/mol. The summed E-state index contributed by atoms with van der Waals surface area (Å²) in [6, 6.07) is 4.02. The summed E-state index contributed by atoms with van der Waals surface area (Å²) >= 11 is 0. The molecule has 0 aliphatic heterocycles. The Kier molecular flexibility index (Phi) is 4.44. The van der Waals surface area contributed by atoms with Crippen molar-refractivity contribution in [3.63, 3.8) is 0 Å². The number of nitrogens with zero attached hydrogens (tertiary/aromatic N) is 1. The van der Waals surface area contributed by atoms with Gasteiger partial charge >= 0.3 is 5.69 Å². The highest BCUT2D eigenvalue weighted by Crippen LogP contribution is 2.27. The topological polar surface area (TPSA) is 66.9 Å². The van der Waals surface area contributed by atoms with Crippen molar-refractivity contribution in [1.29, 1.82) is 0 Å². The maximum absolute atomic E-state index is 14.0. The Hall–Kier alpha value is -2.44. The van der Waals surface area contributed by atoms with Gasteiger partial charge in [-0.05, 0) is 12.0 Å². The van der Waals surface area contributed by atoms with E-state index in [-0.39, 0.29) is 17.3 Å². The summed E-state index contributed by atoms with van der Waals surface area (Å²) in [5, 5.41) is 2.93. The van der Waals surface area contributed by atoms with Crippen molar-refractivity contribution in [2.45, 2.75) is 19.9 Å². The molecule has 1 aromatic carbocycles. The molecule has 7 heteroatoms. The van der Waals surface area contributed by atoms with Gasteiger partial charge in [0.25, 0.3) is 5.56 Å². The molecule has 0 aliphatic rings. The third kappa shape index (κ3) is 3.24. The van der Waals surface area contributed by atoms with Crippen LogP contribution in [0.1, 0.15) is 25.5 Å². The fourth-order valence-electron chi connectivity index (χ4n) is 2.16. The van der Waals surface area contributed by atoms with Crippen LogP contribution in [0.5, 0.6) is 0 Å². The second-order valence-corrected chi connectivity index (χ2v) is 5.42. The Labute approximate surface area is 125 Å². The number of H-pyrrole nitrogens is 1. The zero-order valence-electron chi connectivity index (χ0n) is 12.5. The minimum Gasteiger partial charge on any atom is -0.364 e. The summed E-state index contributed by atoms with van der Waals surface area (Å²) in [4.78, 5) is 25.7. The Balaban J connectivity index is 2.42. The van der Waals surface area contributed by atoms with Gasteiger partial charge in [-0.25, -0.2) is 13.6 Å². The van der Waals surface area contributed by atoms with Crippen LogP contribution in [-0.2, 0) is 7.05 Å². The largest absolute Gasteiger partial charge is 0.364 e. The molecule has 5 nitrogen and oxygen atoms in total. The first-order valence-corrected chi connectivity index (χ1v) is 6.81. The molecule has 1 atom stereocenters. The van der Waals surface area contributed by atoms with Crippen LogP contribution in [0, 0.1) is 17.6 Å². The van der Waals surface area contributed by atoms with E-state index in [1.54, 1.807) is 0 Å². The van der Waals surface area contributed by atoms with Crippen molar-refractivity contribution < 1.29 is 8.78 Å². The number of rotatable bonds is 4. The van der Waals surface area contributed by atoms with E-state index in [1.807, 2.05) is 13.8 Å². The first kappa shape index (κ1) is 15.9. The van der Waals surface area contributed by atoms with E-state index < -0.39 is 28.9 Å². The second-order valence-electron chi connectivity index (χ2n) is 5.42. The van der Waals surface area contributed by atoms with Crippen LogP contribution in [0.4, 0.5) is 14.6 Å². The van der Waals surface area contributed by atoms with Gasteiger partial charge in [0.05, 0.1) is 6.04 Å². The monoisotopic (exact) mass is 309 g/mol. The van der Waals surface area contributed by atoms with E-state index in [1.165, 1.54) is 25.2 Å². The van der Waals surface area contributed by atoms with Crippen molar-refractivity contribution in [1.82, 2.24) is 9.55 Å². The molecule has 0 bridgehead atoms. The number of aromatic amines is 1. The van der Waals surface area contributed by atoms with Crippen LogP contribution < -0.4 is 16.6 Å². The van der Waals surface area contributed by atoms with Gasteiger partial charge in [0.2, 0.25) is 0 Å². The highest BCUT2D eigenvalue weighted by molar-refractivity contribution is 5.38. The molecule has 0 amide bonds. The molecule has 22 heavy (non-hydrogen) atoms. The van der Waals surface area contributed by atoms with Crippen LogP contribution in [0.25, 0.3) is 0 Å². The summed E-state index contributed by atoms with van der Waals surface area (Å²) in [6.45, 7) is 3.69. The van der Waals surface area contributed by atoms with Gasteiger partial charge in [0, 0.05) is 24.7 Å². The van der Waals surface area contributed by atoms with Crippen molar-refractivity contribution in [3.8, 4) is 0 Å². The van der Waals surface area contributed by atoms with Gasteiger partial charge in [0.1, 0.15) is 17.5 Å². The summed E-state index contributed by atoms with van der Waals surface area (Å²) < 4.78 is 27.9. The zero-order valence-corrected chi connectivity index (χ0v) is 12.5. The summed E-state index contributed by atoms with van der Waals surface area (Å²) in [6.07, 6.45) is 0. The number of hydrogen-bond acceptors (Lipinski definition) is 3. The first-order chi connectivity index (χ1) is 10.3. The first-order valence-electron chi connectivity index (χ1n) is 6.81. The average molecular weight is 309 g/mol. The molecule has 1 heterocycles. The highest BCUT2D eigenvalue weighted by Gasteiger charge is 2.20. The SMILES string of the molecule is CC(C)C(Nc1cc(=O)n(C)c(=O)[nH]1)c1ccc(F)cc1F. The number of halogens is 2. The lowest BCUT2D eigenvalue weighted by molar-refractivity contribution is 0.501. The number of hydrogen-bond donors (Lipinski definition) is 2. The molecule has 0 saturated heterocycles. The van der Waals surface area contributed by atoms with Gasteiger partial charge < -0.3 is 5.32 Å². The van der Waals surface area contributed by atoms with E-state index in [0.29, 0.717) is 0 Å². The lowest BCUT2D eigenvalue weighted by Gasteiger charge is -2.24. The molecule has 0 spiro atoms. The molecule has 1 unspecified atom stereocenters. The fraction of sp³-hybridized carbons (Fsp3) is 0.333. The molecule has 118 valence electrons. The standard InChI is InChI=1S/C15H17F2N3O2/c1-8(2)14(10-5-4-9(16)6-11(10)17)18-12-7-13(21)20(3)15(22)19-12/h4-8,14,18H,1-3H3,(H,19,22). The van der Waals surface area contributed by atoms with Crippen LogP contribution in [-0.4, -0.2) is 9.55 Å². The molecule has 0 saturated carbocycles. The van der Waals surface area contributed by atoms with E-state index in [4.69, 9.17) is 0 Å². The molecule has 2 N–H and O–H groups in total. The van der Waals surface area contributed by atoms with E-state index >= 15 is 0 Å². The summed E-state index contributed by atoms with van der Waals surface area (Å²) in [7, 11) is 1.35. The van der Waals surface area contributed by atoms with Gasteiger partial charge in [-0.1, -0.05) is 19.9 Å². The summed E-state index contributed by atoms with van der Waals surface area (Å²) in [5.74, 6) is -1.22. The second kappa shape index (κ2) is 6.13. The van der Waals surface area contributed by atoms with E-state index in [0.717, 1.165) is 10.6 Å². The Morgan fingerprint density at radius 1 is 1.18 bits per heavy atom. The smallest absolute Gasteiger partial charge is 0.329 e. The molecule has 0 fully saturated rings. The molecular formula is C15H17F2N3O2. The Bertz CT molecular complexity index is 765. The van der Waals surface area contributed by atoms with Crippen molar-refractivity contribution in [2.24, 2.45) is 13.0 Å². The molecule has 2 aromatic rings. The van der Waals surface area contributed by atoms with Gasteiger partial charge in [-0.2, -0.15) is 0 Å². The van der Waals surface area contributed by atoms with Crippen LogP contribution in [0.15, 0.2) is 33.9 Å². The third-order valence-electron chi connectivity index (χ3n) is 3.42. The lowest BCUT2D eigenvalue weighted by Crippen LogP contribution is -2.33. The van der Waals surface area contributed by atoms with Crippen LogP contribution in [0.3, 0.4) is 0 Å². The molecular weight excluding hydrogens is 292 g/mol. The fourth-order valence-corrected chi connectivity index (χ4v) is 2.16.